The highest BCUT2D eigenvalue weighted by molar-refractivity contribution is 6.24. The predicted molar refractivity (Wildman–Crippen MR) is 91.3 cm³/mol. The fourth-order valence-electron chi connectivity index (χ4n) is 2.59. The standard InChI is InChI=1S/C18H16N2O.ClH/c1-13-16(11-14-7-6-10-19-12-14)20(2)18(21)17(13)15-8-4-3-5-9-15;/h3-12H,1-2H3;1H/b16-11-;. The zero-order chi connectivity index (χ0) is 14.8. The van der Waals surface area contributed by atoms with Crippen LogP contribution in [0.15, 0.2) is 66.1 Å². The maximum Gasteiger partial charge on any atom is 0.258 e. The maximum absolute atomic E-state index is 12.5. The van der Waals surface area contributed by atoms with Crippen LogP contribution in [-0.2, 0) is 4.79 Å². The van der Waals surface area contributed by atoms with Crippen LogP contribution >= 0.6 is 12.4 Å². The second-order valence-corrected chi connectivity index (χ2v) is 5.05. The minimum Gasteiger partial charge on any atom is -0.311 e. The van der Waals surface area contributed by atoms with Gasteiger partial charge in [-0.2, -0.15) is 0 Å². The number of carbonyl (C=O) groups is 1. The third-order valence-electron chi connectivity index (χ3n) is 3.69. The van der Waals surface area contributed by atoms with E-state index in [1.165, 1.54) is 0 Å². The Morgan fingerprint density at radius 2 is 1.82 bits per heavy atom. The number of rotatable bonds is 2. The first kappa shape index (κ1) is 16.0. The van der Waals surface area contributed by atoms with Crippen LogP contribution in [-0.4, -0.2) is 22.8 Å². The van der Waals surface area contributed by atoms with E-state index >= 15 is 0 Å². The van der Waals surface area contributed by atoms with Crippen molar-refractivity contribution in [3.63, 3.8) is 0 Å². The molecule has 1 aromatic carbocycles. The highest BCUT2D eigenvalue weighted by atomic mass is 35.5. The Balaban J connectivity index is 0.00000176. The molecule has 22 heavy (non-hydrogen) atoms. The zero-order valence-electron chi connectivity index (χ0n) is 12.5. The van der Waals surface area contributed by atoms with Gasteiger partial charge in [0.15, 0.2) is 0 Å². The summed E-state index contributed by atoms with van der Waals surface area (Å²) in [6, 6.07) is 13.7. The van der Waals surface area contributed by atoms with Gasteiger partial charge in [-0.05, 0) is 35.8 Å². The lowest BCUT2D eigenvalue weighted by Gasteiger charge is -2.12. The van der Waals surface area contributed by atoms with E-state index in [9.17, 15) is 4.79 Å². The Labute approximate surface area is 136 Å². The summed E-state index contributed by atoms with van der Waals surface area (Å²) in [4.78, 5) is 18.3. The summed E-state index contributed by atoms with van der Waals surface area (Å²) in [6.07, 6.45) is 5.53. The van der Waals surface area contributed by atoms with Crippen molar-refractivity contribution < 1.29 is 4.79 Å². The van der Waals surface area contributed by atoms with Crippen molar-refractivity contribution in [2.45, 2.75) is 6.92 Å². The number of carbonyl (C=O) groups excluding carboxylic acids is 1. The minimum atomic E-state index is 0. The van der Waals surface area contributed by atoms with Crippen LogP contribution in [0.3, 0.4) is 0 Å². The Kier molecular flexibility index (Phi) is 4.78. The SMILES string of the molecule is CC1=C(c2ccccc2)C(=O)N(C)/C1=C\c1cccnc1.Cl. The summed E-state index contributed by atoms with van der Waals surface area (Å²) < 4.78 is 0. The summed E-state index contributed by atoms with van der Waals surface area (Å²) in [5.41, 5.74) is 4.64. The van der Waals surface area contributed by atoms with E-state index in [0.29, 0.717) is 0 Å². The largest absolute Gasteiger partial charge is 0.311 e. The smallest absolute Gasteiger partial charge is 0.258 e. The average Bonchev–Trinajstić information content (AvgIpc) is 2.73. The molecule has 0 aliphatic carbocycles. The third-order valence-corrected chi connectivity index (χ3v) is 3.69. The van der Waals surface area contributed by atoms with E-state index in [0.717, 1.165) is 28.0 Å². The summed E-state index contributed by atoms with van der Waals surface area (Å²) in [5, 5.41) is 0. The predicted octanol–water partition coefficient (Wildman–Crippen LogP) is 3.79. The molecule has 1 aliphatic rings. The first-order chi connectivity index (χ1) is 10.2. The van der Waals surface area contributed by atoms with Gasteiger partial charge in [0, 0.05) is 25.1 Å². The quantitative estimate of drug-likeness (QED) is 0.845. The molecule has 0 bridgehead atoms. The topological polar surface area (TPSA) is 33.2 Å². The number of hydrogen-bond donors (Lipinski definition) is 0. The fourth-order valence-corrected chi connectivity index (χ4v) is 2.59. The number of aromatic nitrogens is 1. The van der Waals surface area contributed by atoms with Gasteiger partial charge in [-0.3, -0.25) is 9.78 Å². The number of allylic oxidation sites excluding steroid dienone is 1. The van der Waals surface area contributed by atoms with E-state index in [2.05, 4.69) is 4.98 Å². The van der Waals surface area contributed by atoms with Crippen LogP contribution in [0.25, 0.3) is 11.6 Å². The van der Waals surface area contributed by atoms with Crippen LogP contribution < -0.4 is 0 Å². The molecule has 4 heteroatoms. The van der Waals surface area contributed by atoms with Gasteiger partial charge in [0.2, 0.25) is 0 Å². The Bertz CT molecular complexity index is 736. The lowest BCUT2D eigenvalue weighted by molar-refractivity contribution is -0.121. The molecule has 1 aromatic heterocycles. The Hall–Kier alpha value is -2.39. The summed E-state index contributed by atoms with van der Waals surface area (Å²) >= 11 is 0. The molecule has 2 aromatic rings. The molecule has 0 radical (unpaired) electrons. The van der Waals surface area contributed by atoms with Crippen molar-refractivity contribution in [1.29, 1.82) is 0 Å². The van der Waals surface area contributed by atoms with Crippen LogP contribution in [0.4, 0.5) is 0 Å². The average molecular weight is 313 g/mol. The maximum atomic E-state index is 12.5. The van der Waals surface area contributed by atoms with E-state index in [1.54, 1.807) is 17.3 Å². The molecule has 112 valence electrons. The number of pyridine rings is 1. The van der Waals surface area contributed by atoms with Crippen LogP contribution in [0.5, 0.6) is 0 Å². The highest BCUT2D eigenvalue weighted by Crippen LogP contribution is 2.35. The van der Waals surface area contributed by atoms with Gasteiger partial charge in [0.25, 0.3) is 5.91 Å². The van der Waals surface area contributed by atoms with Crippen molar-refractivity contribution in [1.82, 2.24) is 9.88 Å². The van der Waals surface area contributed by atoms with Gasteiger partial charge in [-0.15, -0.1) is 12.4 Å². The molecule has 0 N–H and O–H groups in total. The first-order valence-electron chi connectivity index (χ1n) is 6.85. The van der Waals surface area contributed by atoms with Crippen molar-refractivity contribution in [2.24, 2.45) is 0 Å². The van der Waals surface area contributed by atoms with Crippen LogP contribution in [0.1, 0.15) is 18.1 Å². The molecule has 1 amide bonds. The third kappa shape index (κ3) is 2.81. The highest BCUT2D eigenvalue weighted by Gasteiger charge is 2.30. The molecule has 0 unspecified atom stereocenters. The van der Waals surface area contributed by atoms with Crippen LogP contribution in [0.2, 0.25) is 0 Å². The molecule has 1 aliphatic heterocycles. The Morgan fingerprint density at radius 3 is 2.45 bits per heavy atom. The fraction of sp³-hybridized carbons (Fsp3) is 0.111. The number of amides is 1. The monoisotopic (exact) mass is 312 g/mol. The van der Waals surface area contributed by atoms with Gasteiger partial charge in [-0.1, -0.05) is 36.4 Å². The normalized spacial score (nSPS) is 16.2. The zero-order valence-corrected chi connectivity index (χ0v) is 13.3. The molecular formula is C18H17ClN2O. The molecule has 2 heterocycles. The van der Waals surface area contributed by atoms with Crippen molar-refractivity contribution in [2.75, 3.05) is 7.05 Å². The second-order valence-electron chi connectivity index (χ2n) is 5.05. The molecule has 0 fully saturated rings. The Morgan fingerprint density at radius 1 is 1.09 bits per heavy atom. The van der Waals surface area contributed by atoms with E-state index < -0.39 is 0 Å². The lowest BCUT2D eigenvalue weighted by Crippen LogP contribution is -2.20. The molecule has 3 nitrogen and oxygen atoms in total. The second kappa shape index (κ2) is 6.58. The summed E-state index contributed by atoms with van der Waals surface area (Å²) in [5.74, 6) is 0.0360. The molecule has 0 saturated carbocycles. The first-order valence-corrected chi connectivity index (χ1v) is 6.85. The molecule has 3 rings (SSSR count). The van der Waals surface area contributed by atoms with Gasteiger partial charge in [-0.25, -0.2) is 0 Å². The van der Waals surface area contributed by atoms with Crippen molar-refractivity contribution >= 4 is 30.0 Å². The molecule has 0 atom stereocenters. The van der Waals surface area contributed by atoms with E-state index in [4.69, 9.17) is 0 Å². The number of hydrogen-bond acceptors (Lipinski definition) is 2. The number of benzene rings is 1. The number of halogens is 1. The number of likely N-dealkylation sites (N-methyl/N-ethyl adjacent to an activating group) is 1. The summed E-state index contributed by atoms with van der Waals surface area (Å²) in [6.45, 7) is 1.99. The van der Waals surface area contributed by atoms with Crippen molar-refractivity contribution in [3.8, 4) is 0 Å². The van der Waals surface area contributed by atoms with Gasteiger partial charge >= 0.3 is 0 Å². The van der Waals surface area contributed by atoms with Gasteiger partial charge in [0.1, 0.15) is 0 Å². The van der Waals surface area contributed by atoms with Gasteiger partial charge in [0.05, 0.1) is 5.57 Å². The van der Waals surface area contributed by atoms with Gasteiger partial charge < -0.3 is 4.90 Å². The number of nitrogens with zero attached hydrogens (tertiary/aromatic N) is 2. The molecule has 0 spiro atoms. The van der Waals surface area contributed by atoms with E-state index in [-0.39, 0.29) is 18.3 Å². The lowest BCUT2D eigenvalue weighted by atomic mass is 10.0. The van der Waals surface area contributed by atoms with Crippen LogP contribution in [0, 0.1) is 0 Å². The molecular weight excluding hydrogens is 296 g/mol. The minimum absolute atomic E-state index is 0. The summed E-state index contributed by atoms with van der Waals surface area (Å²) in [7, 11) is 1.81. The molecule has 0 saturated heterocycles. The van der Waals surface area contributed by atoms with E-state index in [1.807, 2.05) is 62.5 Å². The van der Waals surface area contributed by atoms with Crippen molar-refractivity contribution in [3.05, 3.63) is 77.3 Å².